The third-order valence-corrected chi connectivity index (χ3v) is 16.0. The molecule has 0 saturated carbocycles. The van der Waals surface area contributed by atoms with Crippen LogP contribution in [0.15, 0.2) is 151 Å². The molecule has 0 spiro atoms. The van der Waals surface area contributed by atoms with Gasteiger partial charge in [-0.1, -0.05) is 55.6 Å². The minimum atomic E-state index is 0.694. The van der Waals surface area contributed by atoms with Gasteiger partial charge in [-0.2, -0.15) is 0 Å². The molecule has 72 heavy (non-hydrogen) atoms. The van der Waals surface area contributed by atoms with Gasteiger partial charge in [-0.25, -0.2) is 19.9 Å². The molecular weight excluding hydrogens is 971 g/mol. The normalized spacial score (nSPS) is 13.7. The van der Waals surface area contributed by atoms with Crippen LogP contribution in [0.1, 0.15) is 51.7 Å². The van der Waals surface area contributed by atoms with Crippen molar-refractivity contribution in [3.63, 3.8) is 0 Å². The van der Waals surface area contributed by atoms with E-state index in [1.807, 2.05) is 97.5 Å². The second kappa shape index (κ2) is 22.5. The number of pyridine rings is 2. The quantitative estimate of drug-likeness (QED) is 0.0661. The van der Waals surface area contributed by atoms with Crippen molar-refractivity contribution in [2.24, 2.45) is 0 Å². The van der Waals surface area contributed by atoms with E-state index in [1.165, 1.54) is 63.1 Å². The van der Waals surface area contributed by atoms with E-state index in [9.17, 15) is 0 Å². The van der Waals surface area contributed by atoms with E-state index in [-0.39, 0.29) is 0 Å². The van der Waals surface area contributed by atoms with Crippen molar-refractivity contribution >= 4 is 101 Å². The van der Waals surface area contributed by atoms with E-state index < -0.39 is 0 Å². The highest BCUT2D eigenvalue weighted by molar-refractivity contribution is 7.18. The molecule has 7 N–H and O–H groups in total. The monoisotopic (exact) mass is 1030 g/mol. The van der Waals surface area contributed by atoms with Crippen molar-refractivity contribution < 1.29 is 0 Å². The number of nitrogens with zero attached hydrogens (tertiary/aromatic N) is 8. The first-order valence-corrected chi connectivity index (χ1v) is 27.4. The molecule has 13 nitrogen and oxygen atoms in total. The van der Waals surface area contributed by atoms with E-state index in [4.69, 9.17) is 21.4 Å². The lowest BCUT2D eigenvalue weighted by Gasteiger charge is -2.16. The molecule has 0 atom stereocenters. The summed E-state index contributed by atoms with van der Waals surface area (Å²) in [6.45, 7) is 16.9. The Kier molecular flexibility index (Phi) is 15.2. The molecule has 0 amide bonds. The van der Waals surface area contributed by atoms with Gasteiger partial charge in [0.15, 0.2) is 5.13 Å². The van der Waals surface area contributed by atoms with Crippen molar-refractivity contribution in [2.45, 2.75) is 45.7 Å². The summed E-state index contributed by atoms with van der Waals surface area (Å²) >= 11 is 6.54. The van der Waals surface area contributed by atoms with Crippen molar-refractivity contribution in [3.8, 4) is 22.8 Å². The van der Waals surface area contributed by atoms with Gasteiger partial charge in [-0.3, -0.25) is 18.6 Å². The lowest BCUT2D eigenvalue weighted by atomic mass is 10.2. The molecule has 17 heteroatoms. The third-order valence-electron chi connectivity index (χ3n) is 12.5. The van der Waals surface area contributed by atoms with Crippen LogP contribution in [0.5, 0.6) is 0 Å². The highest BCUT2D eigenvalue weighted by atomic mass is 32.1. The Morgan fingerprint density at radius 3 is 1.99 bits per heavy atom. The standard InChI is InChI=1S/C27H27N7S2.C16H18N4S.C12H12N2S/c1-18(30-21-9-3-2-8-20(21)28)24-10-11-25(36-24)32-27-31-22(17-35-27)23-15-29-26-19(7-6-14-34(23)26)16-33-12-4-5-13-33;1-12-18-14(11-21-12)15-9-17-16-6-4-5-13(20(15)16)10-19-7-2-3-8-19;1-9(12-7-4-8-15-12)14-11-6-3-2-5-10(11)13/h2-3,6-11,14-15,17,30H,1,4-5,12-13,16,28H2,(H,31,32);4-6,9,11H,2-3,7-8,10H2,1H3;2-8,14H,1,13H2. The predicted molar refractivity (Wildman–Crippen MR) is 305 cm³/mol. The number of imidazole rings is 2. The van der Waals surface area contributed by atoms with Crippen LogP contribution in [-0.2, 0) is 13.1 Å². The number of thiazole rings is 2. The van der Waals surface area contributed by atoms with E-state index in [0.717, 1.165) is 101 Å². The van der Waals surface area contributed by atoms with E-state index >= 15 is 0 Å². The van der Waals surface area contributed by atoms with Crippen LogP contribution in [0.3, 0.4) is 0 Å². The van der Waals surface area contributed by atoms with Crippen LogP contribution in [0.25, 0.3) is 45.5 Å². The first-order chi connectivity index (χ1) is 35.2. The molecule has 2 aliphatic rings. The zero-order valence-corrected chi connectivity index (χ0v) is 43.4. The Labute approximate surface area is 435 Å². The van der Waals surface area contributed by atoms with Crippen LogP contribution in [0, 0.1) is 6.92 Å². The molecule has 2 saturated heterocycles. The number of hydrogen-bond donors (Lipinski definition) is 5. The van der Waals surface area contributed by atoms with Gasteiger partial charge in [0.2, 0.25) is 0 Å². The third kappa shape index (κ3) is 11.5. The van der Waals surface area contributed by atoms with Gasteiger partial charge >= 0.3 is 0 Å². The minimum absolute atomic E-state index is 0.694. The Balaban J connectivity index is 0.000000139. The number of likely N-dealkylation sites (tertiary alicyclic amines) is 2. The molecule has 0 unspecified atom stereocenters. The number of nitrogens with two attached hydrogens (primary N) is 2. The van der Waals surface area contributed by atoms with Gasteiger partial charge < -0.3 is 27.4 Å². The summed E-state index contributed by atoms with van der Waals surface area (Å²) in [5.41, 5.74) is 25.4. The zero-order valence-electron chi connectivity index (χ0n) is 40.1. The predicted octanol–water partition coefficient (Wildman–Crippen LogP) is 13.3. The summed E-state index contributed by atoms with van der Waals surface area (Å²) in [5.74, 6) is 0. The number of thiophene rings is 2. The van der Waals surface area contributed by atoms with Crippen LogP contribution < -0.4 is 27.4 Å². The molecule has 2 fully saturated rings. The van der Waals surface area contributed by atoms with Gasteiger partial charge in [0, 0.05) is 57.6 Å². The van der Waals surface area contributed by atoms with Gasteiger partial charge in [0.05, 0.1) is 67.1 Å². The topological polar surface area (TPSA) is 155 Å². The number of rotatable bonds is 14. The largest absolute Gasteiger partial charge is 0.397 e. The highest BCUT2D eigenvalue weighted by Gasteiger charge is 2.19. The number of anilines is 6. The summed E-state index contributed by atoms with van der Waals surface area (Å²) < 4.78 is 4.41. The van der Waals surface area contributed by atoms with E-state index in [0.29, 0.717) is 5.69 Å². The molecule has 0 bridgehead atoms. The van der Waals surface area contributed by atoms with Crippen LogP contribution in [-0.4, -0.2) is 64.7 Å². The molecular formula is C55H57N13S4. The van der Waals surface area contributed by atoms with Crippen molar-refractivity contribution in [2.75, 3.05) is 53.6 Å². The van der Waals surface area contributed by atoms with Crippen LogP contribution in [0.2, 0.25) is 0 Å². The molecule has 2 aromatic carbocycles. The number of nitrogens with one attached hydrogen (secondary N) is 3. The molecule has 366 valence electrons. The fourth-order valence-electron chi connectivity index (χ4n) is 8.87. The summed E-state index contributed by atoms with van der Waals surface area (Å²) in [6.07, 6.45) is 11.1. The van der Waals surface area contributed by atoms with E-state index in [1.54, 1.807) is 45.3 Å². The SMILES string of the molecule is C=C(Nc1ccccc1N)c1ccc(Nc2nc(-c3cnc4c(CN5CCCC5)cccn34)cs2)s1.C=C(Nc1ccccc1N)c1cccs1.Cc1nc(-c2cnc3cccc(CN4CCCC4)n23)cs1. The molecule has 0 radical (unpaired) electrons. The van der Waals surface area contributed by atoms with Crippen LogP contribution >= 0.6 is 45.3 Å². The molecule has 12 rings (SSSR count). The molecule has 10 heterocycles. The number of nitrogen functional groups attached to an aromatic ring is 2. The molecule has 0 aliphatic carbocycles. The van der Waals surface area contributed by atoms with Gasteiger partial charge in [-0.15, -0.1) is 45.3 Å². The minimum Gasteiger partial charge on any atom is -0.397 e. The maximum absolute atomic E-state index is 6.05. The molecule has 2 aliphatic heterocycles. The fourth-order valence-corrected chi connectivity index (χ4v) is 11.7. The molecule has 8 aromatic heterocycles. The highest BCUT2D eigenvalue weighted by Crippen LogP contribution is 2.34. The second-order valence-corrected chi connectivity index (χ2v) is 21.6. The number of para-hydroxylation sites is 4. The first kappa shape index (κ1) is 48.5. The maximum Gasteiger partial charge on any atom is 0.188 e. The van der Waals surface area contributed by atoms with Crippen LogP contribution in [0.4, 0.5) is 32.9 Å². The number of aromatic nitrogens is 6. The zero-order chi connectivity index (χ0) is 49.4. The lowest BCUT2D eigenvalue weighted by molar-refractivity contribution is 0.326. The Morgan fingerprint density at radius 1 is 0.639 bits per heavy atom. The van der Waals surface area contributed by atoms with Crippen molar-refractivity contribution in [1.29, 1.82) is 0 Å². The smallest absolute Gasteiger partial charge is 0.188 e. The van der Waals surface area contributed by atoms with Crippen molar-refractivity contribution in [3.05, 3.63) is 177 Å². The first-order valence-electron chi connectivity index (χ1n) is 24.0. The van der Waals surface area contributed by atoms with Gasteiger partial charge in [0.25, 0.3) is 0 Å². The number of benzene rings is 2. The Bertz CT molecular complexity index is 3420. The Hall–Kier alpha value is -7.12. The summed E-state index contributed by atoms with van der Waals surface area (Å²) in [6, 6.07) is 34.1. The summed E-state index contributed by atoms with van der Waals surface area (Å²) in [4.78, 5) is 25.9. The van der Waals surface area contributed by atoms with Gasteiger partial charge in [0.1, 0.15) is 17.0 Å². The van der Waals surface area contributed by atoms with Crippen molar-refractivity contribution in [1.82, 2.24) is 38.5 Å². The average Bonchev–Trinajstić information content (AvgIpc) is 4.24. The fraction of sp³-hybridized carbons (Fsp3) is 0.200. The summed E-state index contributed by atoms with van der Waals surface area (Å²) in [5, 5.41) is 19.1. The average molecular weight is 1030 g/mol. The summed E-state index contributed by atoms with van der Waals surface area (Å²) in [7, 11) is 0. The number of hydrogen-bond acceptors (Lipinski definition) is 15. The van der Waals surface area contributed by atoms with Gasteiger partial charge in [-0.05, 0) is 125 Å². The second-order valence-electron chi connectivity index (χ2n) is 17.6. The lowest BCUT2D eigenvalue weighted by Crippen LogP contribution is -2.20. The maximum atomic E-state index is 6.05. The number of aryl methyl sites for hydroxylation is 1. The number of fused-ring (bicyclic) bond motifs is 2. The molecule has 10 aromatic rings. The Morgan fingerprint density at radius 2 is 1.31 bits per heavy atom. The van der Waals surface area contributed by atoms with E-state index in [2.05, 4.69) is 105 Å².